The van der Waals surface area contributed by atoms with E-state index < -0.39 is 0 Å². The lowest BCUT2D eigenvalue weighted by Crippen LogP contribution is -2.09. The molecule has 16 heavy (non-hydrogen) atoms. The van der Waals surface area contributed by atoms with Gasteiger partial charge in [0.15, 0.2) is 5.82 Å². The summed E-state index contributed by atoms with van der Waals surface area (Å²) in [6.45, 7) is 2.72. The van der Waals surface area contributed by atoms with Crippen molar-refractivity contribution < 1.29 is 0 Å². The van der Waals surface area contributed by atoms with Gasteiger partial charge in [0.2, 0.25) is 0 Å². The zero-order valence-electron chi connectivity index (χ0n) is 9.73. The fourth-order valence-electron chi connectivity index (χ4n) is 1.59. The van der Waals surface area contributed by atoms with Crippen LogP contribution in [0.5, 0.6) is 0 Å². The first-order valence-corrected chi connectivity index (χ1v) is 5.16. The van der Waals surface area contributed by atoms with Crippen molar-refractivity contribution in [1.82, 2.24) is 24.8 Å². The maximum atomic E-state index is 4.49. The fourth-order valence-corrected chi connectivity index (χ4v) is 1.59. The molecule has 0 unspecified atom stereocenters. The third-order valence-corrected chi connectivity index (χ3v) is 2.31. The molecule has 0 radical (unpaired) electrons. The third-order valence-electron chi connectivity index (χ3n) is 2.31. The van der Waals surface area contributed by atoms with E-state index in [2.05, 4.69) is 20.3 Å². The maximum Gasteiger partial charge on any atom is 0.178 e. The van der Waals surface area contributed by atoms with Crippen molar-refractivity contribution in [3.8, 4) is 11.5 Å². The van der Waals surface area contributed by atoms with Gasteiger partial charge in [-0.1, -0.05) is 0 Å². The standard InChI is InChI=1S/C11H15N5/c1-8-4-9(5-12-2)15-11(14-8)10-6-13-7-16(10)3/h4,6-7,12H,5H2,1-3H3. The molecule has 1 N–H and O–H groups in total. The van der Waals surface area contributed by atoms with Gasteiger partial charge in [0.25, 0.3) is 0 Å². The second kappa shape index (κ2) is 4.40. The summed E-state index contributed by atoms with van der Waals surface area (Å²) in [7, 11) is 3.84. The van der Waals surface area contributed by atoms with Crippen LogP contribution in [0, 0.1) is 6.92 Å². The average molecular weight is 217 g/mol. The summed E-state index contributed by atoms with van der Waals surface area (Å²) in [5.74, 6) is 0.727. The third kappa shape index (κ3) is 2.09. The van der Waals surface area contributed by atoms with Gasteiger partial charge in [-0.05, 0) is 20.0 Å². The molecule has 0 aliphatic rings. The summed E-state index contributed by atoms with van der Waals surface area (Å²) in [4.78, 5) is 13.0. The maximum absolute atomic E-state index is 4.49. The summed E-state index contributed by atoms with van der Waals surface area (Å²) in [6, 6.07) is 1.98. The van der Waals surface area contributed by atoms with Crippen LogP contribution in [0.2, 0.25) is 0 Å². The number of hydrogen-bond acceptors (Lipinski definition) is 4. The second-order valence-electron chi connectivity index (χ2n) is 3.74. The van der Waals surface area contributed by atoms with Gasteiger partial charge in [-0.3, -0.25) is 0 Å². The van der Waals surface area contributed by atoms with Crippen LogP contribution in [0.25, 0.3) is 11.5 Å². The van der Waals surface area contributed by atoms with E-state index in [0.29, 0.717) is 0 Å². The van der Waals surface area contributed by atoms with Crippen molar-refractivity contribution in [2.75, 3.05) is 7.05 Å². The van der Waals surface area contributed by atoms with Crippen LogP contribution in [0.4, 0.5) is 0 Å². The van der Waals surface area contributed by atoms with Gasteiger partial charge in [0.05, 0.1) is 18.2 Å². The molecule has 2 heterocycles. The molecular weight excluding hydrogens is 202 g/mol. The predicted octanol–water partition coefficient (Wildman–Crippen LogP) is 0.905. The molecule has 0 aliphatic carbocycles. The Labute approximate surface area is 94.6 Å². The van der Waals surface area contributed by atoms with E-state index in [1.807, 2.05) is 31.7 Å². The van der Waals surface area contributed by atoms with Crippen LogP contribution in [0.15, 0.2) is 18.6 Å². The van der Waals surface area contributed by atoms with Crippen LogP contribution in [-0.2, 0) is 13.6 Å². The van der Waals surface area contributed by atoms with Crippen LogP contribution in [-0.4, -0.2) is 26.6 Å². The fraction of sp³-hybridized carbons (Fsp3) is 0.364. The minimum absolute atomic E-state index is 0.727. The number of aryl methyl sites for hydroxylation is 2. The highest BCUT2D eigenvalue weighted by molar-refractivity contribution is 5.48. The summed E-state index contributed by atoms with van der Waals surface area (Å²) in [5.41, 5.74) is 2.89. The molecule has 0 saturated heterocycles. The Balaban J connectivity index is 2.45. The zero-order valence-corrected chi connectivity index (χ0v) is 9.73. The quantitative estimate of drug-likeness (QED) is 0.830. The van der Waals surface area contributed by atoms with Crippen LogP contribution in [0.3, 0.4) is 0 Å². The first-order valence-electron chi connectivity index (χ1n) is 5.16. The first kappa shape index (κ1) is 10.8. The average Bonchev–Trinajstić information content (AvgIpc) is 2.64. The monoisotopic (exact) mass is 217 g/mol. The Morgan fingerprint density at radius 2 is 2.19 bits per heavy atom. The lowest BCUT2D eigenvalue weighted by molar-refractivity contribution is 0.782. The summed E-state index contributed by atoms with van der Waals surface area (Å²) in [6.07, 6.45) is 3.52. The van der Waals surface area contributed by atoms with Crippen molar-refractivity contribution in [2.45, 2.75) is 13.5 Å². The molecule has 0 saturated carbocycles. The van der Waals surface area contributed by atoms with Crippen LogP contribution in [0.1, 0.15) is 11.4 Å². The minimum atomic E-state index is 0.727. The number of rotatable bonds is 3. The highest BCUT2D eigenvalue weighted by atomic mass is 15.1. The number of imidazole rings is 1. The minimum Gasteiger partial charge on any atom is -0.331 e. The Morgan fingerprint density at radius 1 is 1.38 bits per heavy atom. The van der Waals surface area contributed by atoms with E-state index in [4.69, 9.17) is 0 Å². The molecule has 0 spiro atoms. The van der Waals surface area contributed by atoms with Gasteiger partial charge in [0.1, 0.15) is 5.69 Å². The molecule has 5 heteroatoms. The molecular formula is C11H15N5. The van der Waals surface area contributed by atoms with Crippen molar-refractivity contribution >= 4 is 0 Å². The van der Waals surface area contributed by atoms with E-state index in [1.54, 1.807) is 12.5 Å². The Kier molecular flexibility index (Phi) is 2.96. The van der Waals surface area contributed by atoms with E-state index >= 15 is 0 Å². The molecule has 0 amide bonds. The van der Waals surface area contributed by atoms with Crippen molar-refractivity contribution in [3.63, 3.8) is 0 Å². The van der Waals surface area contributed by atoms with E-state index in [0.717, 1.165) is 29.5 Å². The lowest BCUT2D eigenvalue weighted by atomic mass is 10.3. The molecule has 2 aromatic heterocycles. The summed E-state index contributed by atoms with van der Waals surface area (Å²) >= 11 is 0. The Bertz CT molecular complexity index is 489. The highest BCUT2D eigenvalue weighted by Crippen LogP contribution is 2.14. The van der Waals surface area contributed by atoms with Crippen LogP contribution < -0.4 is 5.32 Å². The summed E-state index contributed by atoms with van der Waals surface area (Å²) < 4.78 is 1.91. The van der Waals surface area contributed by atoms with Crippen molar-refractivity contribution in [1.29, 1.82) is 0 Å². The SMILES string of the molecule is CNCc1cc(C)nc(-c2cncn2C)n1. The van der Waals surface area contributed by atoms with Gasteiger partial charge in [0, 0.05) is 19.3 Å². The normalized spacial score (nSPS) is 10.7. The zero-order chi connectivity index (χ0) is 11.5. The molecule has 5 nitrogen and oxygen atoms in total. The largest absolute Gasteiger partial charge is 0.331 e. The Morgan fingerprint density at radius 3 is 2.81 bits per heavy atom. The Hall–Kier alpha value is -1.75. The topological polar surface area (TPSA) is 55.6 Å². The van der Waals surface area contributed by atoms with Crippen molar-refractivity contribution in [2.24, 2.45) is 7.05 Å². The lowest BCUT2D eigenvalue weighted by Gasteiger charge is -2.05. The summed E-state index contributed by atoms with van der Waals surface area (Å²) in [5, 5.41) is 3.09. The highest BCUT2D eigenvalue weighted by Gasteiger charge is 2.07. The molecule has 2 aromatic rings. The molecule has 0 aliphatic heterocycles. The van der Waals surface area contributed by atoms with E-state index in [9.17, 15) is 0 Å². The van der Waals surface area contributed by atoms with Crippen LogP contribution >= 0.6 is 0 Å². The molecule has 84 valence electrons. The van der Waals surface area contributed by atoms with E-state index in [-0.39, 0.29) is 0 Å². The molecule has 0 aromatic carbocycles. The van der Waals surface area contributed by atoms with Gasteiger partial charge >= 0.3 is 0 Å². The number of hydrogen-bond donors (Lipinski definition) is 1. The second-order valence-corrected chi connectivity index (χ2v) is 3.74. The smallest absolute Gasteiger partial charge is 0.178 e. The number of nitrogens with one attached hydrogen (secondary N) is 1. The number of nitrogens with zero attached hydrogens (tertiary/aromatic N) is 4. The predicted molar refractivity (Wildman–Crippen MR) is 61.7 cm³/mol. The van der Waals surface area contributed by atoms with Gasteiger partial charge in [-0.25, -0.2) is 15.0 Å². The number of aromatic nitrogens is 4. The molecule has 0 bridgehead atoms. The molecule has 2 rings (SSSR count). The first-order chi connectivity index (χ1) is 7.70. The van der Waals surface area contributed by atoms with Gasteiger partial charge < -0.3 is 9.88 Å². The molecule has 0 atom stereocenters. The molecule has 0 fully saturated rings. The van der Waals surface area contributed by atoms with Crippen molar-refractivity contribution in [3.05, 3.63) is 30.0 Å². The van der Waals surface area contributed by atoms with Gasteiger partial charge in [-0.15, -0.1) is 0 Å². The van der Waals surface area contributed by atoms with Gasteiger partial charge in [-0.2, -0.15) is 0 Å². The van der Waals surface area contributed by atoms with E-state index in [1.165, 1.54) is 0 Å².